The van der Waals surface area contributed by atoms with Crippen LogP contribution < -0.4 is 10.0 Å². The molecule has 0 fully saturated rings. The van der Waals surface area contributed by atoms with E-state index in [1.807, 2.05) is 0 Å². The first-order valence-corrected chi connectivity index (χ1v) is 13.5. The number of sulfonamides is 1. The first kappa shape index (κ1) is 24.9. The summed E-state index contributed by atoms with van der Waals surface area (Å²) < 4.78 is 38.8. The predicted octanol–water partition coefficient (Wildman–Crippen LogP) is 5.30. The van der Waals surface area contributed by atoms with Gasteiger partial charge in [0.15, 0.2) is 11.5 Å². The molecule has 198 valence electrons. The van der Waals surface area contributed by atoms with E-state index in [2.05, 4.69) is 20.0 Å². The number of carbonyl (C=O) groups is 1. The molecule has 0 radical (unpaired) electrons. The van der Waals surface area contributed by atoms with Gasteiger partial charge in [-0.15, -0.1) is 0 Å². The molecule has 2 aromatic carbocycles. The molecule has 1 amide bonds. The molecule has 0 unspecified atom stereocenters. The summed E-state index contributed by atoms with van der Waals surface area (Å²) in [5, 5.41) is 2.77. The van der Waals surface area contributed by atoms with Crippen LogP contribution in [0.3, 0.4) is 0 Å². The van der Waals surface area contributed by atoms with Gasteiger partial charge < -0.3 is 14.2 Å². The summed E-state index contributed by atoms with van der Waals surface area (Å²) in [4.78, 5) is 30.4. The van der Waals surface area contributed by atoms with Crippen LogP contribution >= 0.6 is 0 Å². The highest BCUT2D eigenvalue weighted by molar-refractivity contribution is 7.92. The van der Waals surface area contributed by atoms with Crippen molar-refractivity contribution in [1.82, 2.24) is 19.9 Å². The third-order valence-corrected chi connectivity index (χ3v) is 7.22. The largest absolute Gasteiger partial charge is 0.463 e. The molecule has 40 heavy (non-hydrogen) atoms. The molecule has 0 saturated carbocycles. The van der Waals surface area contributed by atoms with Crippen molar-refractivity contribution in [1.29, 1.82) is 0 Å². The number of anilines is 2. The minimum Gasteiger partial charge on any atom is -0.463 e. The molecule has 0 bridgehead atoms. The number of fused-ring (bicyclic) bond motifs is 1. The van der Waals surface area contributed by atoms with Crippen LogP contribution in [0, 0.1) is 6.92 Å². The van der Waals surface area contributed by atoms with Crippen LogP contribution in [0.5, 0.6) is 0 Å². The van der Waals surface area contributed by atoms with Gasteiger partial charge in [0, 0.05) is 23.1 Å². The van der Waals surface area contributed by atoms with Gasteiger partial charge in [-0.25, -0.2) is 33.1 Å². The zero-order valence-corrected chi connectivity index (χ0v) is 21.7. The summed E-state index contributed by atoms with van der Waals surface area (Å²) in [7, 11) is -3.91. The molecule has 6 rings (SSSR count). The number of carbonyl (C=O) groups excluding carboxylic acids is 1. The van der Waals surface area contributed by atoms with Crippen molar-refractivity contribution in [3.8, 4) is 22.9 Å². The summed E-state index contributed by atoms with van der Waals surface area (Å²) in [6.07, 6.45) is 4.56. The number of hydrogen-bond donors (Lipinski definition) is 2. The normalized spacial score (nSPS) is 11.4. The Labute approximate surface area is 228 Å². The number of nitrogens with zero attached hydrogens (tertiary/aromatic N) is 4. The second-order valence-electron chi connectivity index (χ2n) is 8.68. The molecule has 4 heterocycles. The summed E-state index contributed by atoms with van der Waals surface area (Å²) in [5.74, 6) is 0.618. The Morgan fingerprint density at radius 2 is 1.48 bits per heavy atom. The molecule has 6 aromatic rings. The first-order chi connectivity index (χ1) is 19.4. The van der Waals surface area contributed by atoms with E-state index in [4.69, 9.17) is 18.8 Å². The van der Waals surface area contributed by atoms with E-state index in [1.165, 1.54) is 30.5 Å². The van der Waals surface area contributed by atoms with Crippen molar-refractivity contribution in [3.63, 3.8) is 0 Å². The van der Waals surface area contributed by atoms with Crippen LogP contribution in [0.15, 0.2) is 105 Å². The fraction of sp³-hybridized carbons (Fsp3) is 0.0357. The quantitative estimate of drug-likeness (QED) is 0.268. The molecule has 4 aromatic heterocycles. The summed E-state index contributed by atoms with van der Waals surface area (Å²) in [5.41, 5.74) is 3.42. The zero-order valence-electron chi connectivity index (χ0n) is 20.9. The maximum absolute atomic E-state index is 13.0. The predicted molar refractivity (Wildman–Crippen MR) is 147 cm³/mol. The summed E-state index contributed by atoms with van der Waals surface area (Å²) >= 11 is 0. The Morgan fingerprint density at radius 1 is 0.800 bits per heavy atom. The van der Waals surface area contributed by atoms with Crippen molar-refractivity contribution >= 4 is 38.6 Å². The second-order valence-corrected chi connectivity index (χ2v) is 10.4. The molecule has 0 aliphatic carbocycles. The summed E-state index contributed by atoms with van der Waals surface area (Å²) in [6, 6.07) is 19.4. The lowest BCUT2D eigenvalue weighted by atomic mass is 10.1. The average Bonchev–Trinajstić information content (AvgIpc) is 3.67. The monoisotopic (exact) mass is 552 g/mol. The van der Waals surface area contributed by atoms with Gasteiger partial charge >= 0.3 is 0 Å². The molecule has 12 heteroatoms. The highest BCUT2D eigenvalue weighted by atomic mass is 32.2. The van der Waals surface area contributed by atoms with Crippen molar-refractivity contribution < 1.29 is 22.0 Å². The molecule has 0 aliphatic heterocycles. The lowest BCUT2D eigenvalue weighted by Gasteiger charge is -2.10. The number of amides is 1. The molecule has 0 saturated heterocycles. The number of hydrogen-bond acceptors (Lipinski definition) is 9. The molecule has 0 atom stereocenters. The minimum atomic E-state index is -3.91. The van der Waals surface area contributed by atoms with Crippen LogP contribution in [0.25, 0.3) is 33.9 Å². The highest BCUT2D eigenvalue weighted by Gasteiger charge is 2.19. The SMILES string of the molecule is Cc1ccnc(NS(=O)(=O)c2ccc(NC(=O)c3ccc4nc(-c5ccco5)c(-c5ccco5)nc4c3)cc2)n1. The van der Waals surface area contributed by atoms with Crippen LogP contribution in [0.2, 0.25) is 0 Å². The van der Waals surface area contributed by atoms with Gasteiger partial charge in [0.2, 0.25) is 5.95 Å². The van der Waals surface area contributed by atoms with Gasteiger partial charge in [0.05, 0.1) is 28.5 Å². The van der Waals surface area contributed by atoms with Crippen LogP contribution in [0.1, 0.15) is 16.1 Å². The average molecular weight is 553 g/mol. The van der Waals surface area contributed by atoms with E-state index in [-0.39, 0.29) is 10.8 Å². The first-order valence-electron chi connectivity index (χ1n) is 12.0. The zero-order chi connectivity index (χ0) is 27.7. The maximum Gasteiger partial charge on any atom is 0.264 e. The van der Waals surface area contributed by atoms with Crippen molar-refractivity contribution in [2.75, 3.05) is 10.0 Å². The third kappa shape index (κ3) is 5.02. The molecule has 2 N–H and O–H groups in total. The van der Waals surface area contributed by atoms with Gasteiger partial charge in [0.1, 0.15) is 11.4 Å². The van der Waals surface area contributed by atoms with E-state index < -0.39 is 15.9 Å². The summed E-state index contributed by atoms with van der Waals surface area (Å²) in [6.45, 7) is 1.73. The number of aryl methyl sites for hydroxylation is 1. The van der Waals surface area contributed by atoms with Crippen LogP contribution in [-0.4, -0.2) is 34.3 Å². The topological polar surface area (TPSA) is 153 Å². The maximum atomic E-state index is 13.0. The van der Waals surface area contributed by atoms with Crippen molar-refractivity contribution in [3.05, 3.63) is 103 Å². The number of aromatic nitrogens is 4. The van der Waals surface area contributed by atoms with Crippen LogP contribution in [-0.2, 0) is 10.0 Å². The highest BCUT2D eigenvalue weighted by Crippen LogP contribution is 2.31. The molecule has 11 nitrogen and oxygen atoms in total. The Bertz CT molecular complexity index is 1940. The third-order valence-electron chi connectivity index (χ3n) is 5.88. The van der Waals surface area contributed by atoms with Gasteiger partial charge in [-0.1, -0.05) is 0 Å². The Morgan fingerprint density at radius 3 is 2.10 bits per heavy atom. The lowest BCUT2D eigenvalue weighted by Crippen LogP contribution is -2.16. The van der Waals surface area contributed by atoms with E-state index in [0.29, 0.717) is 50.9 Å². The Kier molecular flexibility index (Phi) is 6.28. The molecular weight excluding hydrogens is 532 g/mol. The van der Waals surface area contributed by atoms with E-state index in [9.17, 15) is 13.2 Å². The Hall–Kier alpha value is -5.36. The lowest BCUT2D eigenvalue weighted by molar-refractivity contribution is 0.102. The van der Waals surface area contributed by atoms with Gasteiger partial charge in [-0.2, -0.15) is 0 Å². The number of benzene rings is 2. The second kappa shape index (κ2) is 10.1. The van der Waals surface area contributed by atoms with E-state index in [0.717, 1.165) is 0 Å². The number of rotatable bonds is 7. The minimum absolute atomic E-state index is 0.00518. The van der Waals surface area contributed by atoms with Crippen LogP contribution in [0.4, 0.5) is 11.6 Å². The van der Waals surface area contributed by atoms with Crippen molar-refractivity contribution in [2.24, 2.45) is 0 Å². The van der Waals surface area contributed by atoms with Gasteiger partial charge in [0.25, 0.3) is 15.9 Å². The van der Waals surface area contributed by atoms with Gasteiger partial charge in [-0.3, -0.25) is 4.79 Å². The van der Waals surface area contributed by atoms with E-state index in [1.54, 1.807) is 68.0 Å². The van der Waals surface area contributed by atoms with E-state index >= 15 is 0 Å². The fourth-order valence-electron chi connectivity index (χ4n) is 3.96. The van der Waals surface area contributed by atoms with Gasteiger partial charge in [-0.05, 0) is 79.7 Å². The number of furan rings is 2. The number of nitrogens with one attached hydrogen (secondary N) is 2. The molecule has 0 spiro atoms. The fourth-order valence-corrected chi connectivity index (χ4v) is 4.91. The Balaban J connectivity index is 1.24. The molecular formula is C28H20N6O5S. The molecule has 0 aliphatic rings. The van der Waals surface area contributed by atoms with Crippen molar-refractivity contribution in [2.45, 2.75) is 11.8 Å². The smallest absolute Gasteiger partial charge is 0.264 e. The standard InChI is InChI=1S/C28H20N6O5S/c1-17-12-13-29-28(30-17)34-40(36,37)20-9-7-19(8-10-20)31-27(35)18-6-11-21-22(16-18)33-26(24-5-3-15-39-24)25(32-21)23-4-2-14-38-23/h2-16H,1H3,(H,31,35)(H,29,30,34).